The van der Waals surface area contributed by atoms with E-state index in [2.05, 4.69) is 5.32 Å². The number of nitriles is 1. The lowest BCUT2D eigenvalue weighted by molar-refractivity contribution is 0.624. The molecule has 0 amide bonds. The van der Waals surface area contributed by atoms with Gasteiger partial charge in [-0.25, -0.2) is 4.39 Å². The number of allylic oxidation sites excluding steroid dienone is 1. The highest BCUT2D eigenvalue weighted by Crippen LogP contribution is 2.36. The maximum atomic E-state index is 13.8. The first-order chi connectivity index (χ1) is 10.1. The highest BCUT2D eigenvalue weighted by molar-refractivity contribution is 7.14. The first kappa shape index (κ1) is 14.9. The Morgan fingerprint density at radius 1 is 1.43 bits per heavy atom. The topological polar surface area (TPSA) is 59.7 Å². The molecule has 5 heteroatoms. The van der Waals surface area contributed by atoms with Gasteiger partial charge >= 0.3 is 0 Å². The van der Waals surface area contributed by atoms with Crippen molar-refractivity contribution in [2.24, 2.45) is 0 Å². The number of rotatable bonds is 4. The summed E-state index contributed by atoms with van der Waals surface area (Å²) in [5.74, 6) is -0.529. The lowest BCUT2D eigenvalue weighted by Gasteiger charge is -2.05. The molecule has 1 aromatic carbocycles. The first-order valence-electron chi connectivity index (χ1n) is 6.29. The van der Waals surface area contributed by atoms with Crippen LogP contribution in [0.2, 0.25) is 0 Å². The highest BCUT2D eigenvalue weighted by Gasteiger charge is 2.14. The number of nitrogens with zero attached hydrogens (tertiary/aromatic N) is 1. The Hall–Kier alpha value is -2.45. The van der Waals surface area contributed by atoms with Crippen molar-refractivity contribution >= 4 is 23.1 Å². The predicted octanol–water partition coefficient (Wildman–Crippen LogP) is 3.94. The molecule has 2 N–H and O–H groups in total. The lowest BCUT2D eigenvalue weighted by atomic mass is 10.0. The third kappa shape index (κ3) is 3.01. The van der Waals surface area contributed by atoms with Gasteiger partial charge in [-0.15, -0.1) is 11.3 Å². The molecule has 1 aromatic heterocycles. The van der Waals surface area contributed by atoms with E-state index in [1.165, 1.54) is 18.3 Å². The van der Waals surface area contributed by atoms with Crippen LogP contribution in [0.25, 0.3) is 16.7 Å². The van der Waals surface area contributed by atoms with E-state index in [0.29, 0.717) is 5.56 Å². The van der Waals surface area contributed by atoms with Gasteiger partial charge in [-0.3, -0.25) is 0 Å². The monoisotopic (exact) mass is 299 g/mol. The van der Waals surface area contributed by atoms with E-state index >= 15 is 0 Å². The van der Waals surface area contributed by atoms with Crippen molar-refractivity contribution in [1.82, 2.24) is 5.32 Å². The smallest absolute Gasteiger partial charge is 0.141 e. The predicted molar refractivity (Wildman–Crippen MR) is 85.0 cm³/mol. The minimum Gasteiger partial charge on any atom is -0.393 e. The summed E-state index contributed by atoms with van der Waals surface area (Å²) < 4.78 is 13.8. The van der Waals surface area contributed by atoms with Gasteiger partial charge in [0.2, 0.25) is 0 Å². The Morgan fingerprint density at radius 2 is 2.19 bits per heavy atom. The zero-order chi connectivity index (χ0) is 15.4. The first-order valence-corrected chi connectivity index (χ1v) is 7.11. The molecule has 0 atom stereocenters. The fourth-order valence-electron chi connectivity index (χ4n) is 2.04. The standard InChI is InChI=1S/C16H14FN3S/c1-10-5-14(16(21-10)13(8-19)9-20-2)11-3-4-12(7-18)15(17)6-11/h3-6,8-9,19-20H,1-2H3/b13-9+,19-8?. The summed E-state index contributed by atoms with van der Waals surface area (Å²) in [6.07, 6.45) is 3.01. The number of nitrogens with one attached hydrogen (secondary N) is 2. The molecule has 0 bridgehead atoms. The molecular weight excluding hydrogens is 285 g/mol. The molecule has 0 unspecified atom stereocenters. The molecule has 21 heavy (non-hydrogen) atoms. The molecule has 0 saturated carbocycles. The van der Waals surface area contributed by atoms with E-state index < -0.39 is 5.82 Å². The van der Waals surface area contributed by atoms with Crippen LogP contribution in [0, 0.1) is 29.5 Å². The van der Waals surface area contributed by atoms with Crippen molar-refractivity contribution in [1.29, 1.82) is 10.7 Å². The van der Waals surface area contributed by atoms with Crippen LogP contribution in [0.3, 0.4) is 0 Å². The van der Waals surface area contributed by atoms with Gasteiger partial charge in [0.05, 0.1) is 5.56 Å². The van der Waals surface area contributed by atoms with Crippen LogP contribution in [0.1, 0.15) is 15.3 Å². The van der Waals surface area contributed by atoms with E-state index in [-0.39, 0.29) is 5.56 Å². The molecule has 0 aliphatic rings. The van der Waals surface area contributed by atoms with Gasteiger partial charge in [0.1, 0.15) is 11.9 Å². The van der Waals surface area contributed by atoms with Crippen LogP contribution in [0.15, 0.2) is 30.5 Å². The molecule has 0 aliphatic heterocycles. The molecule has 0 fully saturated rings. The van der Waals surface area contributed by atoms with Crippen molar-refractivity contribution in [3.63, 3.8) is 0 Å². The Bertz CT molecular complexity index is 753. The fourth-order valence-corrected chi connectivity index (χ4v) is 3.07. The van der Waals surface area contributed by atoms with Crippen molar-refractivity contribution in [2.75, 3.05) is 7.05 Å². The number of aryl methyl sites for hydroxylation is 1. The summed E-state index contributed by atoms with van der Waals surface area (Å²) in [7, 11) is 1.77. The maximum Gasteiger partial charge on any atom is 0.141 e. The molecule has 0 aliphatic carbocycles. The number of thiophene rings is 1. The van der Waals surface area contributed by atoms with Gasteiger partial charge in [0, 0.05) is 40.4 Å². The van der Waals surface area contributed by atoms with Crippen molar-refractivity contribution in [2.45, 2.75) is 6.92 Å². The van der Waals surface area contributed by atoms with Gasteiger partial charge in [-0.1, -0.05) is 6.07 Å². The van der Waals surface area contributed by atoms with Crippen LogP contribution in [-0.2, 0) is 0 Å². The van der Waals surface area contributed by atoms with E-state index in [9.17, 15) is 4.39 Å². The van der Waals surface area contributed by atoms with Crippen molar-refractivity contribution in [3.05, 3.63) is 51.6 Å². The fraction of sp³-hybridized carbons (Fsp3) is 0.125. The van der Waals surface area contributed by atoms with Crippen molar-refractivity contribution < 1.29 is 4.39 Å². The molecule has 106 valence electrons. The van der Waals surface area contributed by atoms with E-state index in [1.807, 2.05) is 19.1 Å². The normalized spacial score (nSPS) is 11.0. The third-order valence-electron chi connectivity index (χ3n) is 2.97. The van der Waals surface area contributed by atoms with Gasteiger partial charge in [-0.05, 0) is 30.7 Å². The largest absolute Gasteiger partial charge is 0.393 e. The summed E-state index contributed by atoms with van der Waals surface area (Å²) in [6.45, 7) is 1.97. The molecule has 2 rings (SSSR count). The summed E-state index contributed by atoms with van der Waals surface area (Å²) in [5, 5.41) is 19.2. The minimum atomic E-state index is -0.529. The van der Waals surface area contributed by atoms with E-state index in [4.69, 9.17) is 10.7 Å². The Kier molecular flexibility index (Phi) is 4.51. The van der Waals surface area contributed by atoms with E-state index in [1.54, 1.807) is 30.7 Å². The van der Waals surface area contributed by atoms with Gasteiger partial charge in [0.25, 0.3) is 0 Å². The molecule has 2 aromatic rings. The Labute approximate surface area is 126 Å². The quantitative estimate of drug-likeness (QED) is 0.840. The van der Waals surface area contributed by atoms with Crippen LogP contribution >= 0.6 is 11.3 Å². The molecule has 0 saturated heterocycles. The van der Waals surface area contributed by atoms with Crippen LogP contribution in [0.5, 0.6) is 0 Å². The maximum absolute atomic E-state index is 13.8. The van der Waals surface area contributed by atoms with Gasteiger partial charge in [0.15, 0.2) is 0 Å². The molecule has 1 heterocycles. The molecule has 0 radical (unpaired) electrons. The third-order valence-corrected chi connectivity index (χ3v) is 4.07. The number of hydrogen-bond donors (Lipinski definition) is 2. The van der Waals surface area contributed by atoms with Gasteiger partial charge < -0.3 is 10.7 Å². The zero-order valence-corrected chi connectivity index (χ0v) is 12.5. The Balaban J connectivity index is 2.60. The van der Waals surface area contributed by atoms with Crippen molar-refractivity contribution in [3.8, 4) is 17.2 Å². The van der Waals surface area contributed by atoms with E-state index in [0.717, 1.165) is 20.9 Å². The highest BCUT2D eigenvalue weighted by atomic mass is 32.1. The SMILES string of the molecule is CN/C=C(\C=N)c1sc(C)cc1-c1ccc(C#N)c(F)c1. The molecule has 3 nitrogen and oxygen atoms in total. The molecular formula is C16H14FN3S. The summed E-state index contributed by atoms with van der Waals surface area (Å²) >= 11 is 1.55. The zero-order valence-electron chi connectivity index (χ0n) is 11.7. The second kappa shape index (κ2) is 6.33. The van der Waals surface area contributed by atoms with Crippen LogP contribution in [0.4, 0.5) is 4.39 Å². The number of hydrogen-bond acceptors (Lipinski definition) is 4. The summed E-state index contributed by atoms with van der Waals surface area (Å²) in [6, 6.07) is 8.36. The number of halogens is 1. The second-order valence-electron chi connectivity index (χ2n) is 4.44. The summed E-state index contributed by atoms with van der Waals surface area (Å²) in [4.78, 5) is 1.98. The minimum absolute atomic E-state index is 0.0327. The van der Waals surface area contributed by atoms with Crippen LogP contribution in [-0.4, -0.2) is 13.3 Å². The Morgan fingerprint density at radius 3 is 2.76 bits per heavy atom. The van der Waals surface area contributed by atoms with Gasteiger partial charge in [-0.2, -0.15) is 5.26 Å². The second-order valence-corrected chi connectivity index (χ2v) is 5.70. The molecule has 0 spiro atoms. The lowest BCUT2D eigenvalue weighted by Crippen LogP contribution is -1.97. The average Bonchev–Trinajstić information content (AvgIpc) is 2.86. The summed E-state index contributed by atoms with van der Waals surface area (Å²) in [5.41, 5.74) is 2.33. The average molecular weight is 299 g/mol. The number of benzene rings is 1. The van der Waals surface area contributed by atoms with Crippen LogP contribution < -0.4 is 5.32 Å².